The molecule has 5 rings (SSSR count). The van der Waals surface area contributed by atoms with E-state index < -0.39 is 11.7 Å². The van der Waals surface area contributed by atoms with Crippen LogP contribution in [0.3, 0.4) is 0 Å². The summed E-state index contributed by atoms with van der Waals surface area (Å²) in [5, 5.41) is 10.3. The van der Waals surface area contributed by atoms with Crippen molar-refractivity contribution in [2.24, 2.45) is 0 Å². The lowest BCUT2D eigenvalue weighted by Gasteiger charge is -2.21. The van der Waals surface area contributed by atoms with Crippen molar-refractivity contribution in [1.29, 1.82) is 0 Å². The van der Waals surface area contributed by atoms with Crippen LogP contribution >= 0.6 is 11.6 Å². The molecule has 0 radical (unpaired) electrons. The van der Waals surface area contributed by atoms with Gasteiger partial charge in [0, 0.05) is 55.2 Å². The normalized spacial score (nSPS) is 17.8. The number of hydrogen-bond acceptors (Lipinski definition) is 7. The lowest BCUT2D eigenvalue weighted by molar-refractivity contribution is -0.137. The van der Waals surface area contributed by atoms with Gasteiger partial charge in [-0.1, -0.05) is 17.7 Å². The number of methoxy groups -OCH3 is 1. The molecule has 1 N–H and O–H groups in total. The number of phenolic OH excluding ortho intramolecular Hbond substituents is 1. The molecular formula is C28H28ClF3N2O5. The van der Waals surface area contributed by atoms with Crippen molar-refractivity contribution in [2.75, 3.05) is 33.5 Å². The molecule has 1 aromatic heterocycles. The fourth-order valence-electron chi connectivity index (χ4n) is 4.73. The molecule has 3 heterocycles. The Bertz CT molecular complexity index is 1330. The topological polar surface area (TPSA) is 73.3 Å². The zero-order valence-electron chi connectivity index (χ0n) is 21.3. The molecule has 3 aromatic rings. The van der Waals surface area contributed by atoms with Crippen LogP contribution < -0.4 is 14.2 Å². The van der Waals surface area contributed by atoms with Gasteiger partial charge in [-0.3, -0.25) is 9.88 Å². The van der Waals surface area contributed by atoms with E-state index in [1.54, 1.807) is 24.3 Å². The van der Waals surface area contributed by atoms with Crippen LogP contribution in [0.1, 0.15) is 29.5 Å². The van der Waals surface area contributed by atoms with Gasteiger partial charge in [-0.15, -0.1) is 0 Å². The van der Waals surface area contributed by atoms with Gasteiger partial charge in [0.15, 0.2) is 11.5 Å². The first-order chi connectivity index (χ1) is 18.7. The van der Waals surface area contributed by atoms with Crippen molar-refractivity contribution >= 4 is 11.6 Å². The average molecular weight is 565 g/mol. The second-order valence-electron chi connectivity index (χ2n) is 9.51. The Hall–Kier alpha value is -3.21. The molecule has 2 aromatic carbocycles. The SMILES string of the molecule is COc1ccc(CN2CCOc3c(cc(-c4ncc(C(F)(F)F)cc4Cl)cc3OCC3CCCO3)C2)c(O)c1. The molecule has 7 nitrogen and oxygen atoms in total. The van der Waals surface area contributed by atoms with Gasteiger partial charge in [-0.25, -0.2) is 0 Å². The number of hydrogen-bond donors (Lipinski definition) is 1. The second-order valence-corrected chi connectivity index (χ2v) is 9.92. The average Bonchev–Trinajstić information content (AvgIpc) is 3.34. The highest BCUT2D eigenvalue weighted by molar-refractivity contribution is 6.33. The number of fused-ring (bicyclic) bond motifs is 1. The largest absolute Gasteiger partial charge is 0.507 e. The summed E-state index contributed by atoms with van der Waals surface area (Å²) >= 11 is 6.29. The van der Waals surface area contributed by atoms with Gasteiger partial charge in [-0.2, -0.15) is 13.2 Å². The van der Waals surface area contributed by atoms with E-state index in [-0.39, 0.29) is 22.6 Å². The maximum absolute atomic E-state index is 13.2. The van der Waals surface area contributed by atoms with Gasteiger partial charge in [0.1, 0.15) is 24.7 Å². The Morgan fingerprint density at radius 2 is 2.03 bits per heavy atom. The van der Waals surface area contributed by atoms with Crippen molar-refractivity contribution in [1.82, 2.24) is 9.88 Å². The van der Waals surface area contributed by atoms with E-state index in [0.29, 0.717) is 62.3 Å². The third kappa shape index (κ3) is 6.34. The molecule has 0 bridgehead atoms. The minimum atomic E-state index is -4.56. The summed E-state index contributed by atoms with van der Waals surface area (Å²) in [4.78, 5) is 6.15. The predicted octanol–water partition coefficient (Wildman–Crippen LogP) is 6.09. The highest BCUT2D eigenvalue weighted by Crippen LogP contribution is 2.41. The van der Waals surface area contributed by atoms with Gasteiger partial charge >= 0.3 is 6.18 Å². The van der Waals surface area contributed by atoms with Crippen LogP contribution in [0, 0.1) is 0 Å². The standard InChI is InChI=1S/C28H28ClF3N2O5/c1-36-21-5-4-17(24(35)12-21)14-34-6-8-38-27-19(15-34)9-18(10-25(27)39-16-22-3-2-7-37-22)26-23(29)11-20(13-33-26)28(30,31)32/h4-5,9-13,22,35H,2-3,6-8,14-16H2,1H3. The molecule has 2 aliphatic heterocycles. The fourth-order valence-corrected chi connectivity index (χ4v) is 5.00. The Balaban J connectivity index is 1.48. The third-order valence-electron chi connectivity index (χ3n) is 6.76. The van der Waals surface area contributed by atoms with Crippen LogP contribution in [-0.2, 0) is 24.0 Å². The monoisotopic (exact) mass is 564 g/mol. The van der Waals surface area contributed by atoms with Crippen LogP contribution in [0.4, 0.5) is 13.2 Å². The molecule has 0 saturated carbocycles. The van der Waals surface area contributed by atoms with E-state index in [4.69, 9.17) is 30.5 Å². The molecule has 1 unspecified atom stereocenters. The molecule has 39 heavy (non-hydrogen) atoms. The molecule has 208 valence electrons. The van der Waals surface area contributed by atoms with Crippen molar-refractivity contribution in [2.45, 2.75) is 38.2 Å². The first kappa shape index (κ1) is 27.4. The van der Waals surface area contributed by atoms with Crippen molar-refractivity contribution in [3.05, 3.63) is 64.3 Å². The van der Waals surface area contributed by atoms with E-state index >= 15 is 0 Å². The molecule has 0 amide bonds. The van der Waals surface area contributed by atoms with E-state index in [0.717, 1.165) is 36.2 Å². The Morgan fingerprint density at radius 3 is 2.72 bits per heavy atom. The van der Waals surface area contributed by atoms with Crippen LogP contribution in [-0.4, -0.2) is 54.6 Å². The molecule has 0 aliphatic carbocycles. The zero-order valence-corrected chi connectivity index (χ0v) is 22.0. The summed E-state index contributed by atoms with van der Waals surface area (Å²) in [7, 11) is 1.53. The molecule has 2 aliphatic rings. The first-order valence-electron chi connectivity index (χ1n) is 12.6. The number of ether oxygens (including phenoxy) is 4. The van der Waals surface area contributed by atoms with Gasteiger partial charge in [0.2, 0.25) is 0 Å². The number of rotatable bonds is 7. The minimum absolute atomic E-state index is 0.0441. The number of halogens is 4. The van der Waals surface area contributed by atoms with Crippen molar-refractivity contribution < 1.29 is 37.2 Å². The van der Waals surface area contributed by atoms with E-state index in [2.05, 4.69) is 9.88 Å². The van der Waals surface area contributed by atoms with E-state index in [1.165, 1.54) is 7.11 Å². The van der Waals surface area contributed by atoms with Gasteiger partial charge < -0.3 is 24.1 Å². The number of alkyl halides is 3. The van der Waals surface area contributed by atoms with Crippen LogP contribution in [0.25, 0.3) is 11.3 Å². The fraction of sp³-hybridized carbons (Fsp3) is 0.393. The number of nitrogens with zero attached hydrogens (tertiary/aromatic N) is 2. The van der Waals surface area contributed by atoms with E-state index in [1.807, 2.05) is 6.07 Å². The molecule has 11 heteroatoms. The smallest absolute Gasteiger partial charge is 0.417 e. The molecule has 1 atom stereocenters. The van der Waals surface area contributed by atoms with Crippen LogP contribution in [0.15, 0.2) is 42.6 Å². The van der Waals surface area contributed by atoms with Crippen LogP contribution in [0.5, 0.6) is 23.0 Å². The van der Waals surface area contributed by atoms with Gasteiger partial charge in [0.25, 0.3) is 0 Å². The predicted molar refractivity (Wildman–Crippen MR) is 138 cm³/mol. The lowest BCUT2D eigenvalue weighted by Crippen LogP contribution is -2.25. The summed E-state index contributed by atoms with van der Waals surface area (Å²) in [6.45, 7) is 2.81. The molecular weight excluding hydrogens is 537 g/mol. The van der Waals surface area contributed by atoms with Crippen molar-refractivity contribution in [3.8, 4) is 34.3 Å². The Labute approximate surface area is 229 Å². The quantitative estimate of drug-likeness (QED) is 0.372. The Morgan fingerprint density at radius 1 is 1.18 bits per heavy atom. The number of benzene rings is 2. The summed E-state index contributed by atoms with van der Waals surface area (Å²) in [5.74, 6) is 1.68. The maximum Gasteiger partial charge on any atom is 0.417 e. The molecule has 1 fully saturated rings. The lowest BCUT2D eigenvalue weighted by atomic mass is 10.0. The summed E-state index contributed by atoms with van der Waals surface area (Å²) in [6.07, 6.45) is -1.98. The number of aromatic nitrogens is 1. The summed E-state index contributed by atoms with van der Waals surface area (Å²) < 4.78 is 62.7. The molecule has 0 spiro atoms. The zero-order chi connectivity index (χ0) is 27.6. The Kier molecular flexibility index (Phi) is 8.06. The van der Waals surface area contributed by atoms with Gasteiger partial charge in [0.05, 0.1) is 29.5 Å². The number of phenols is 1. The highest BCUT2D eigenvalue weighted by atomic mass is 35.5. The second kappa shape index (κ2) is 11.5. The third-order valence-corrected chi connectivity index (χ3v) is 7.04. The van der Waals surface area contributed by atoms with Crippen LogP contribution in [0.2, 0.25) is 5.02 Å². The maximum atomic E-state index is 13.2. The first-order valence-corrected chi connectivity index (χ1v) is 12.9. The summed E-state index contributed by atoms with van der Waals surface area (Å²) in [6, 6.07) is 9.52. The van der Waals surface area contributed by atoms with E-state index in [9.17, 15) is 18.3 Å². The number of pyridine rings is 1. The minimum Gasteiger partial charge on any atom is -0.507 e. The van der Waals surface area contributed by atoms with Gasteiger partial charge in [-0.05, 0) is 37.1 Å². The van der Waals surface area contributed by atoms with Crippen molar-refractivity contribution in [3.63, 3.8) is 0 Å². The highest BCUT2D eigenvalue weighted by Gasteiger charge is 2.32. The molecule has 1 saturated heterocycles. The number of aromatic hydroxyl groups is 1. The summed E-state index contributed by atoms with van der Waals surface area (Å²) in [5.41, 5.74) is 1.27.